The first-order valence-corrected chi connectivity index (χ1v) is 9.22. The molecule has 2 aromatic carbocycles. The van der Waals surface area contributed by atoms with Gasteiger partial charge in [-0.15, -0.1) is 0 Å². The Morgan fingerprint density at radius 1 is 1.15 bits per heavy atom. The van der Waals surface area contributed by atoms with Crippen molar-refractivity contribution in [3.8, 4) is 5.75 Å². The molecule has 0 bridgehead atoms. The normalized spacial score (nSPS) is 29.1. The number of benzene rings is 2. The molecule has 3 aliphatic heterocycles. The minimum absolute atomic E-state index is 0.0341. The van der Waals surface area contributed by atoms with Crippen molar-refractivity contribution in [2.24, 2.45) is 0 Å². The van der Waals surface area contributed by atoms with Gasteiger partial charge in [-0.05, 0) is 23.8 Å². The van der Waals surface area contributed by atoms with Crippen molar-refractivity contribution in [1.29, 1.82) is 0 Å². The maximum Gasteiger partial charge on any atom is 0.254 e. The monoisotopic (exact) mass is 364 g/mol. The molecule has 1 spiro atoms. The third-order valence-electron chi connectivity index (χ3n) is 5.95. The molecule has 138 valence electrons. The molecule has 6 heteroatoms. The fraction of sp³-hybridized carbons (Fsp3) is 0.333. The van der Waals surface area contributed by atoms with Crippen LogP contribution < -0.4 is 0 Å². The molecule has 0 aliphatic carbocycles. The third-order valence-corrected chi connectivity index (χ3v) is 5.95. The highest BCUT2D eigenvalue weighted by Crippen LogP contribution is 2.50. The standard InChI is InChI=1S/C21H20N2O4/c24-16-8-4-7-15(11-16)20(26)22-10-9-21-18(22)12-19(25)23(21)13-17(27-21)14-5-2-1-3-6-14/h1-8,11,17-18,24H,9-10,12-13H2/t17-,18-,21+/m1/s1. The summed E-state index contributed by atoms with van der Waals surface area (Å²) in [6, 6.07) is 15.9. The largest absolute Gasteiger partial charge is 0.508 e. The summed E-state index contributed by atoms with van der Waals surface area (Å²) in [6.45, 7) is 1.05. The first kappa shape index (κ1) is 16.3. The van der Waals surface area contributed by atoms with E-state index in [1.807, 2.05) is 35.2 Å². The number of nitrogens with zero attached hydrogens (tertiary/aromatic N) is 2. The highest BCUT2D eigenvalue weighted by Gasteiger charge is 2.65. The van der Waals surface area contributed by atoms with Crippen LogP contribution >= 0.6 is 0 Å². The van der Waals surface area contributed by atoms with E-state index in [4.69, 9.17) is 4.74 Å². The van der Waals surface area contributed by atoms with Gasteiger partial charge in [0.1, 0.15) is 11.9 Å². The van der Waals surface area contributed by atoms with Gasteiger partial charge in [-0.1, -0.05) is 36.4 Å². The van der Waals surface area contributed by atoms with Gasteiger partial charge < -0.3 is 19.6 Å². The number of hydrogen-bond donors (Lipinski definition) is 1. The van der Waals surface area contributed by atoms with Gasteiger partial charge in [0.25, 0.3) is 5.91 Å². The molecule has 0 aromatic heterocycles. The zero-order valence-electron chi connectivity index (χ0n) is 14.7. The molecule has 3 fully saturated rings. The second-order valence-electron chi connectivity index (χ2n) is 7.39. The third kappa shape index (κ3) is 2.36. The van der Waals surface area contributed by atoms with Crippen molar-refractivity contribution in [1.82, 2.24) is 9.80 Å². The predicted molar refractivity (Wildman–Crippen MR) is 96.9 cm³/mol. The Labute approximate surface area is 157 Å². The topological polar surface area (TPSA) is 70.1 Å². The number of amides is 2. The first-order chi connectivity index (χ1) is 13.1. The zero-order valence-corrected chi connectivity index (χ0v) is 14.7. The smallest absolute Gasteiger partial charge is 0.254 e. The Morgan fingerprint density at radius 2 is 1.96 bits per heavy atom. The van der Waals surface area contributed by atoms with E-state index in [-0.39, 0.29) is 36.1 Å². The van der Waals surface area contributed by atoms with Crippen LogP contribution in [0.15, 0.2) is 54.6 Å². The lowest BCUT2D eigenvalue weighted by Gasteiger charge is -2.32. The average Bonchev–Trinajstić information content (AvgIpc) is 3.30. The van der Waals surface area contributed by atoms with Gasteiger partial charge in [-0.3, -0.25) is 9.59 Å². The quantitative estimate of drug-likeness (QED) is 0.888. The average molecular weight is 364 g/mol. The fourth-order valence-corrected chi connectivity index (χ4v) is 4.71. The van der Waals surface area contributed by atoms with Crippen molar-refractivity contribution < 1.29 is 19.4 Å². The fourth-order valence-electron chi connectivity index (χ4n) is 4.71. The number of aromatic hydroxyl groups is 1. The zero-order chi connectivity index (χ0) is 18.6. The van der Waals surface area contributed by atoms with E-state index in [1.54, 1.807) is 17.0 Å². The number of carbonyl (C=O) groups excluding carboxylic acids is 2. The van der Waals surface area contributed by atoms with Crippen LogP contribution in [0.4, 0.5) is 0 Å². The molecule has 0 saturated carbocycles. The summed E-state index contributed by atoms with van der Waals surface area (Å²) in [5.41, 5.74) is 0.741. The highest BCUT2D eigenvalue weighted by molar-refractivity contribution is 5.96. The minimum Gasteiger partial charge on any atom is -0.508 e. The second kappa shape index (κ2) is 5.82. The van der Waals surface area contributed by atoms with Crippen LogP contribution in [0.2, 0.25) is 0 Å². The van der Waals surface area contributed by atoms with Gasteiger partial charge in [-0.2, -0.15) is 0 Å². The summed E-state index contributed by atoms with van der Waals surface area (Å²) >= 11 is 0. The lowest BCUT2D eigenvalue weighted by atomic mass is 10.1. The van der Waals surface area contributed by atoms with Crippen LogP contribution in [-0.2, 0) is 9.53 Å². The Bertz CT molecular complexity index is 915. The van der Waals surface area contributed by atoms with E-state index in [9.17, 15) is 14.7 Å². The van der Waals surface area contributed by atoms with Gasteiger partial charge >= 0.3 is 0 Å². The van der Waals surface area contributed by atoms with Crippen molar-refractivity contribution in [3.05, 3.63) is 65.7 Å². The van der Waals surface area contributed by atoms with Crippen LogP contribution in [0.25, 0.3) is 0 Å². The summed E-state index contributed by atoms with van der Waals surface area (Å²) in [5.74, 6) is -0.0823. The second-order valence-corrected chi connectivity index (χ2v) is 7.39. The predicted octanol–water partition coefficient (Wildman–Crippen LogP) is 2.31. The Hall–Kier alpha value is -2.86. The molecule has 0 radical (unpaired) electrons. The molecule has 5 rings (SSSR count). The number of hydrogen-bond acceptors (Lipinski definition) is 4. The number of rotatable bonds is 2. The van der Waals surface area contributed by atoms with Crippen LogP contribution in [0.1, 0.15) is 34.9 Å². The number of phenolic OH excluding ortho intramolecular Hbond substituents is 1. The SMILES string of the molecule is O=C(c1cccc(O)c1)N1CC[C@@]23O[C@@H](c4ccccc4)CN2C(=O)C[C@@H]13. The van der Waals surface area contributed by atoms with Crippen LogP contribution in [0, 0.1) is 0 Å². The minimum atomic E-state index is -0.732. The highest BCUT2D eigenvalue weighted by atomic mass is 16.5. The number of carbonyl (C=O) groups is 2. The summed E-state index contributed by atoms with van der Waals surface area (Å²) < 4.78 is 6.46. The summed E-state index contributed by atoms with van der Waals surface area (Å²) in [5, 5.41) is 9.69. The van der Waals surface area contributed by atoms with E-state index in [0.29, 0.717) is 25.1 Å². The summed E-state index contributed by atoms with van der Waals surface area (Å²) in [7, 11) is 0. The molecule has 3 saturated heterocycles. The van der Waals surface area contributed by atoms with Crippen molar-refractivity contribution in [3.63, 3.8) is 0 Å². The lowest BCUT2D eigenvalue weighted by molar-refractivity contribution is -0.138. The number of ether oxygens (including phenoxy) is 1. The van der Waals surface area contributed by atoms with E-state index in [0.717, 1.165) is 5.56 Å². The molecule has 1 N–H and O–H groups in total. The molecule has 3 atom stereocenters. The van der Waals surface area contributed by atoms with Crippen molar-refractivity contribution in [2.45, 2.75) is 30.7 Å². The van der Waals surface area contributed by atoms with Crippen molar-refractivity contribution >= 4 is 11.8 Å². The number of likely N-dealkylation sites (tertiary alicyclic amines) is 1. The van der Waals surface area contributed by atoms with Gasteiger partial charge in [0, 0.05) is 18.5 Å². The molecule has 3 heterocycles. The summed E-state index contributed by atoms with van der Waals surface area (Å²) in [4.78, 5) is 29.2. The molecule has 6 nitrogen and oxygen atoms in total. The van der Waals surface area contributed by atoms with Gasteiger partial charge in [0.15, 0.2) is 5.72 Å². The van der Waals surface area contributed by atoms with E-state index >= 15 is 0 Å². The van der Waals surface area contributed by atoms with Gasteiger partial charge in [0.2, 0.25) is 5.91 Å². The maximum absolute atomic E-state index is 13.0. The number of phenols is 1. The lowest BCUT2D eigenvalue weighted by Crippen LogP contribution is -2.48. The van der Waals surface area contributed by atoms with Crippen LogP contribution in [0.3, 0.4) is 0 Å². The van der Waals surface area contributed by atoms with E-state index in [2.05, 4.69) is 0 Å². The van der Waals surface area contributed by atoms with E-state index in [1.165, 1.54) is 12.1 Å². The molecule has 27 heavy (non-hydrogen) atoms. The van der Waals surface area contributed by atoms with Crippen LogP contribution in [-0.4, -0.2) is 51.6 Å². The molecule has 0 unspecified atom stereocenters. The molecular weight excluding hydrogens is 344 g/mol. The molecular formula is C21H20N2O4. The van der Waals surface area contributed by atoms with Gasteiger partial charge in [0.05, 0.1) is 19.0 Å². The Morgan fingerprint density at radius 3 is 2.74 bits per heavy atom. The molecule has 2 aromatic rings. The van der Waals surface area contributed by atoms with Crippen LogP contribution in [0.5, 0.6) is 5.75 Å². The van der Waals surface area contributed by atoms with Gasteiger partial charge in [-0.25, -0.2) is 0 Å². The molecule has 2 amide bonds. The van der Waals surface area contributed by atoms with E-state index < -0.39 is 5.72 Å². The maximum atomic E-state index is 13.0. The first-order valence-electron chi connectivity index (χ1n) is 9.22. The summed E-state index contributed by atoms with van der Waals surface area (Å²) in [6.07, 6.45) is 0.720. The van der Waals surface area contributed by atoms with Crippen molar-refractivity contribution in [2.75, 3.05) is 13.1 Å². The Kier molecular flexibility index (Phi) is 3.52. The molecule has 3 aliphatic rings. The Balaban J connectivity index is 1.45.